The van der Waals surface area contributed by atoms with E-state index >= 15 is 0 Å². The third-order valence-electron chi connectivity index (χ3n) is 4.15. The first-order chi connectivity index (χ1) is 10.3. The minimum Gasteiger partial charge on any atom is -0.377 e. The molecule has 1 aromatic carbocycles. The van der Waals surface area contributed by atoms with Crippen LogP contribution in [0.15, 0.2) is 18.2 Å². The summed E-state index contributed by atoms with van der Waals surface area (Å²) in [7, 11) is 0. The second-order valence-electron chi connectivity index (χ2n) is 6.10. The van der Waals surface area contributed by atoms with Crippen LogP contribution in [-0.2, 0) is 11.3 Å². The molecule has 0 aromatic heterocycles. The van der Waals surface area contributed by atoms with E-state index in [1.54, 1.807) is 0 Å². The lowest BCUT2D eigenvalue weighted by Crippen LogP contribution is -2.30. The molecule has 1 saturated carbocycles. The average Bonchev–Trinajstić information content (AvgIpc) is 3.32. The van der Waals surface area contributed by atoms with E-state index < -0.39 is 0 Å². The van der Waals surface area contributed by atoms with E-state index in [-0.39, 0.29) is 6.10 Å². The highest BCUT2D eigenvalue weighted by Gasteiger charge is 2.21. The van der Waals surface area contributed by atoms with Crippen LogP contribution < -0.4 is 10.2 Å². The molecule has 1 heterocycles. The average molecular weight is 285 g/mol. The fraction of sp³-hybridized carbons (Fsp3) is 0.588. The highest BCUT2D eigenvalue weighted by molar-refractivity contribution is 5.60. The van der Waals surface area contributed by atoms with E-state index in [2.05, 4.69) is 35.3 Å². The van der Waals surface area contributed by atoms with E-state index in [4.69, 9.17) is 4.74 Å². The van der Waals surface area contributed by atoms with Crippen LogP contribution in [0.5, 0.6) is 0 Å². The number of nitrogens with one attached hydrogen (secondary N) is 1. The summed E-state index contributed by atoms with van der Waals surface area (Å²) >= 11 is 0. The predicted octanol–water partition coefficient (Wildman–Crippen LogP) is 2.43. The summed E-state index contributed by atoms with van der Waals surface area (Å²) in [5.74, 6) is 0. The molecule has 21 heavy (non-hydrogen) atoms. The third-order valence-corrected chi connectivity index (χ3v) is 4.15. The Balaban J connectivity index is 1.75. The van der Waals surface area contributed by atoms with Gasteiger partial charge in [0.25, 0.3) is 0 Å². The molecular weight excluding hydrogens is 262 g/mol. The molecule has 1 aliphatic heterocycles. The van der Waals surface area contributed by atoms with Gasteiger partial charge in [0.15, 0.2) is 0 Å². The summed E-state index contributed by atoms with van der Waals surface area (Å²) in [6.45, 7) is 5.58. The third kappa shape index (κ3) is 3.75. The molecule has 4 nitrogen and oxygen atoms in total. The zero-order valence-electron chi connectivity index (χ0n) is 12.6. The largest absolute Gasteiger partial charge is 0.377 e. The van der Waals surface area contributed by atoms with Gasteiger partial charge in [0.05, 0.1) is 17.4 Å². The van der Waals surface area contributed by atoms with Crippen LogP contribution in [0.1, 0.15) is 37.3 Å². The van der Waals surface area contributed by atoms with Crippen LogP contribution in [0.25, 0.3) is 0 Å². The van der Waals surface area contributed by atoms with Crippen LogP contribution in [0.4, 0.5) is 5.69 Å². The number of hydrogen-bond acceptors (Lipinski definition) is 4. The molecule has 1 aliphatic carbocycles. The Morgan fingerprint density at radius 2 is 2.29 bits per heavy atom. The van der Waals surface area contributed by atoms with Gasteiger partial charge in [-0.15, -0.1) is 0 Å². The quantitative estimate of drug-likeness (QED) is 0.923. The van der Waals surface area contributed by atoms with Gasteiger partial charge in [-0.1, -0.05) is 6.07 Å². The maximum atomic E-state index is 9.47. The zero-order valence-corrected chi connectivity index (χ0v) is 12.6. The highest BCUT2D eigenvalue weighted by Crippen LogP contribution is 2.25. The lowest BCUT2D eigenvalue weighted by molar-refractivity contribution is 0.0821. The molecule has 0 spiro atoms. The lowest BCUT2D eigenvalue weighted by Gasteiger charge is -2.25. The fourth-order valence-electron chi connectivity index (χ4n) is 2.82. The molecule has 4 heteroatoms. The summed E-state index contributed by atoms with van der Waals surface area (Å²) in [4.78, 5) is 2.29. The van der Waals surface area contributed by atoms with E-state index in [0.717, 1.165) is 43.9 Å². The van der Waals surface area contributed by atoms with Gasteiger partial charge < -0.3 is 15.0 Å². The van der Waals surface area contributed by atoms with Gasteiger partial charge in [-0.25, -0.2) is 0 Å². The number of nitrogens with zero attached hydrogens (tertiary/aromatic N) is 2. The first-order valence-electron chi connectivity index (χ1n) is 7.89. The molecular formula is C17H23N3O. The van der Waals surface area contributed by atoms with Crippen molar-refractivity contribution in [1.29, 1.82) is 5.26 Å². The standard InChI is InChI=1S/C17H23N3O/c1-13-12-20(7-2-8-21-13)17-6-3-14(9-15(17)10-18)11-19-16-4-5-16/h3,6,9,13,16,19H,2,4-5,7-8,11-12H2,1H3. The number of anilines is 1. The topological polar surface area (TPSA) is 48.3 Å². The monoisotopic (exact) mass is 285 g/mol. The Bertz CT molecular complexity index is 533. The van der Waals surface area contributed by atoms with Gasteiger partial charge in [-0.3, -0.25) is 0 Å². The molecule has 2 aliphatic rings. The molecule has 1 saturated heterocycles. The number of benzene rings is 1. The van der Waals surface area contributed by atoms with Crippen molar-refractivity contribution in [2.45, 2.75) is 44.9 Å². The molecule has 1 atom stereocenters. The number of rotatable bonds is 4. The normalized spacial score (nSPS) is 22.7. The van der Waals surface area contributed by atoms with Gasteiger partial charge in [-0.2, -0.15) is 5.26 Å². The van der Waals surface area contributed by atoms with Crippen molar-refractivity contribution in [1.82, 2.24) is 5.32 Å². The van der Waals surface area contributed by atoms with Gasteiger partial charge in [0.1, 0.15) is 6.07 Å². The summed E-state index contributed by atoms with van der Waals surface area (Å²) in [6, 6.07) is 9.32. The number of ether oxygens (including phenoxy) is 1. The Kier molecular flexibility index (Phi) is 4.42. The summed E-state index contributed by atoms with van der Waals surface area (Å²) < 4.78 is 5.69. The Morgan fingerprint density at radius 3 is 3.05 bits per heavy atom. The van der Waals surface area contributed by atoms with Crippen molar-refractivity contribution in [3.8, 4) is 6.07 Å². The van der Waals surface area contributed by atoms with Crippen LogP contribution in [0.2, 0.25) is 0 Å². The van der Waals surface area contributed by atoms with Crippen LogP contribution in [0, 0.1) is 11.3 Å². The van der Waals surface area contributed by atoms with Crippen molar-refractivity contribution < 1.29 is 4.74 Å². The second kappa shape index (κ2) is 6.46. The van der Waals surface area contributed by atoms with Crippen molar-refractivity contribution in [3.05, 3.63) is 29.3 Å². The SMILES string of the molecule is CC1CN(c2ccc(CNC3CC3)cc2C#N)CCCO1. The number of hydrogen-bond donors (Lipinski definition) is 1. The first kappa shape index (κ1) is 14.4. The lowest BCUT2D eigenvalue weighted by atomic mass is 10.1. The molecule has 0 amide bonds. The van der Waals surface area contributed by atoms with Gasteiger partial charge in [0.2, 0.25) is 0 Å². The van der Waals surface area contributed by atoms with Crippen LogP contribution in [0.3, 0.4) is 0 Å². The predicted molar refractivity (Wildman–Crippen MR) is 83.3 cm³/mol. The molecule has 0 bridgehead atoms. The second-order valence-corrected chi connectivity index (χ2v) is 6.10. The van der Waals surface area contributed by atoms with Crippen LogP contribution >= 0.6 is 0 Å². The van der Waals surface area contributed by atoms with Crippen LogP contribution in [-0.4, -0.2) is 31.8 Å². The smallest absolute Gasteiger partial charge is 0.101 e. The molecule has 1 unspecified atom stereocenters. The summed E-state index contributed by atoms with van der Waals surface area (Å²) in [5, 5.41) is 13.0. The number of nitriles is 1. The van der Waals surface area contributed by atoms with Crippen molar-refractivity contribution in [2.75, 3.05) is 24.6 Å². The van der Waals surface area contributed by atoms with Gasteiger partial charge in [-0.05, 0) is 43.9 Å². The summed E-state index contributed by atoms with van der Waals surface area (Å²) in [5.41, 5.74) is 3.02. The van der Waals surface area contributed by atoms with E-state index in [1.165, 1.54) is 18.4 Å². The molecule has 1 N–H and O–H groups in total. The van der Waals surface area contributed by atoms with E-state index in [9.17, 15) is 5.26 Å². The van der Waals surface area contributed by atoms with Crippen molar-refractivity contribution >= 4 is 5.69 Å². The Morgan fingerprint density at radius 1 is 1.43 bits per heavy atom. The molecule has 3 rings (SSSR count). The minimum absolute atomic E-state index is 0.218. The maximum absolute atomic E-state index is 9.47. The zero-order chi connectivity index (χ0) is 14.7. The molecule has 0 radical (unpaired) electrons. The summed E-state index contributed by atoms with van der Waals surface area (Å²) in [6.07, 6.45) is 3.81. The fourth-order valence-corrected chi connectivity index (χ4v) is 2.82. The van der Waals surface area contributed by atoms with E-state index in [1.807, 2.05) is 6.07 Å². The van der Waals surface area contributed by atoms with Crippen molar-refractivity contribution in [2.24, 2.45) is 0 Å². The Hall–Kier alpha value is -1.57. The molecule has 2 fully saturated rings. The van der Waals surface area contributed by atoms with Crippen molar-refractivity contribution in [3.63, 3.8) is 0 Å². The van der Waals surface area contributed by atoms with Gasteiger partial charge >= 0.3 is 0 Å². The first-order valence-corrected chi connectivity index (χ1v) is 7.89. The molecule has 112 valence electrons. The van der Waals surface area contributed by atoms with Gasteiger partial charge in [0, 0.05) is 32.3 Å². The van der Waals surface area contributed by atoms with E-state index in [0.29, 0.717) is 6.04 Å². The highest BCUT2D eigenvalue weighted by atomic mass is 16.5. The minimum atomic E-state index is 0.218. The Labute approximate surface area is 126 Å². The maximum Gasteiger partial charge on any atom is 0.101 e. The molecule has 1 aromatic rings.